The van der Waals surface area contributed by atoms with Gasteiger partial charge in [0.1, 0.15) is 0 Å². The molecule has 0 fully saturated rings. The van der Waals surface area contributed by atoms with Crippen LogP contribution in [0.5, 0.6) is 0 Å². The second-order valence-corrected chi connectivity index (χ2v) is 17.8. The van der Waals surface area contributed by atoms with Crippen molar-refractivity contribution in [2.24, 2.45) is 0 Å². The Balaban J connectivity index is 0.891. The SMILES string of the molecule is C1=C(c2ccccc2)C=C(c2cc(-c3ccc(-n4c5ccccc5c5cc(-c6ccc7c(c6)c6ccccc6n7-c6ccccc6)ccc54)cc3)nc(-c3ccccc3)n2)CC1c1ccccc1. The van der Waals surface area contributed by atoms with Gasteiger partial charge in [0.25, 0.3) is 0 Å². The Morgan fingerprint density at radius 1 is 0.353 bits per heavy atom. The zero-order valence-electron chi connectivity index (χ0n) is 37.2. The van der Waals surface area contributed by atoms with E-state index in [-0.39, 0.29) is 5.92 Å². The monoisotopic (exact) mass is 868 g/mol. The van der Waals surface area contributed by atoms with E-state index in [0.29, 0.717) is 0 Å². The number of hydrogen-bond donors (Lipinski definition) is 0. The van der Waals surface area contributed by atoms with E-state index < -0.39 is 0 Å². The van der Waals surface area contributed by atoms with Gasteiger partial charge in [0.15, 0.2) is 5.82 Å². The number of para-hydroxylation sites is 3. The predicted molar refractivity (Wildman–Crippen MR) is 283 cm³/mol. The molecular weight excluding hydrogens is 825 g/mol. The number of rotatable bonds is 8. The summed E-state index contributed by atoms with van der Waals surface area (Å²) in [6, 6.07) is 84.9. The Morgan fingerprint density at radius 3 is 1.43 bits per heavy atom. The zero-order chi connectivity index (χ0) is 45.0. The Hall–Kier alpha value is -8.86. The molecule has 9 aromatic carbocycles. The molecule has 68 heavy (non-hydrogen) atoms. The van der Waals surface area contributed by atoms with Crippen LogP contribution in [0.3, 0.4) is 0 Å². The maximum absolute atomic E-state index is 5.29. The zero-order valence-corrected chi connectivity index (χ0v) is 37.2. The van der Waals surface area contributed by atoms with Gasteiger partial charge in [-0.1, -0.05) is 176 Å². The quantitative estimate of drug-likeness (QED) is 0.153. The van der Waals surface area contributed by atoms with Crippen LogP contribution in [0.15, 0.2) is 249 Å². The molecule has 3 heterocycles. The maximum Gasteiger partial charge on any atom is 0.160 e. The molecule has 0 saturated carbocycles. The summed E-state index contributed by atoms with van der Waals surface area (Å²) in [5.74, 6) is 0.929. The lowest BCUT2D eigenvalue weighted by Gasteiger charge is -2.23. The van der Waals surface area contributed by atoms with Crippen LogP contribution in [0.4, 0.5) is 0 Å². The molecule has 12 aromatic rings. The van der Waals surface area contributed by atoms with Gasteiger partial charge < -0.3 is 9.13 Å². The number of aromatic nitrogens is 4. The lowest BCUT2D eigenvalue weighted by Crippen LogP contribution is -2.06. The van der Waals surface area contributed by atoms with Crippen LogP contribution >= 0.6 is 0 Å². The van der Waals surface area contributed by atoms with Crippen molar-refractivity contribution in [3.8, 4) is 45.1 Å². The van der Waals surface area contributed by atoms with Crippen molar-refractivity contribution in [2.75, 3.05) is 0 Å². The van der Waals surface area contributed by atoms with Gasteiger partial charge in [-0.2, -0.15) is 0 Å². The Bertz CT molecular complexity index is 3900. The highest BCUT2D eigenvalue weighted by molar-refractivity contribution is 6.12. The molecule has 4 nitrogen and oxygen atoms in total. The lowest BCUT2D eigenvalue weighted by molar-refractivity contribution is 0.865. The topological polar surface area (TPSA) is 35.6 Å². The van der Waals surface area contributed by atoms with Crippen LogP contribution < -0.4 is 0 Å². The van der Waals surface area contributed by atoms with Gasteiger partial charge >= 0.3 is 0 Å². The number of hydrogen-bond acceptors (Lipinski definition) is 2. The fourth-order valence-electron chi connectivity index (χ4n) is 10.4. The van der Waals surface area contributed by atoms with Crippen molar-refractivity contribution >= 4 is 54.8 Å². The van der Waals surface area contributed by atoms with E-state index in [1.165, 1.54) is 77.0 Å². The largest absolute Gasteiger partial charge is 0.309 e. The van der Waals surface area contributed by atoms with E-state index >= 15 is 0 Å². The molecule has 0 bridgehead atoms. The number of nitrogens with zero attached hydrogens (tertiary/aromatic N) is 4. The van der Waals surface area contributed by atoms with Gasteiger partial charge in [0.05, 0.1) is 33.5 Å². The second kappa shape index (κ2) is 16.5. The third-order valence-electron chi connectivity index (χ3n) is 13.7. The molecule has 320 valence electrons. The predicted octanol–water partition coefficient (Wildman–Crippen LogP) is 16.3. The summed E-state index contributed by atoms with van der Waals surface area (Å²) in [5, 5.41) is 4.94. The molecule has 1 atom stereocenters. The molecule has 0 saturated heterocycles. The first kappa shape index (κ1) is 39.5. The normalized spacial score (nSPS) is 13.9. The Kier molecular flexibility index (Phi) is 9.61. The first-order valence-corrected chi connectivity index (χ1v) is 23.4. The molecule has 0 aliphatic heterocycles. The van der Waals surface area contributed by atoms with E-state index in [9.17, 15) is 0 Å². The van der Waals surface area contributed by atoms with Gasteiger partial charge in [0, 0.05) is 50.0 Å². The summed E-state index contributed by atoms with van der Waals surface area (Å²) in [6.45, 7) is 0. The molecule has 1 aliphatic carbocycles. The summed E-state index contributed by atoms with van der Waals surface area (Å²) in [6.07, 6.45) is 5.58. The lowest BCUT2D eigenvalue weighted by atomic mass is 9.82. The van der Waals surface area contributed by atoms with Crippen molar-refractivity contribution < 1.29 is 0 Å². The summed E-state index contributed by atoms with van der Waals surface area (Å²) in [7, 11) is 0. The molecule has 0 N–H and O–H groups in total. The molecule has 13 rings (SSSR count). The standard InChI is InChI=1S/C64H44N4/c1-5-17-43(18-6-1)49-37-50(44-19-7-2-8-20-44)39-51(38-49)59-42-58(65-64(66-59)46-21-9-3-10-22-46)45-29-33-53(34-30-45)68-61-28-16-14-26-55(61)57-41-48(32-36-63(57)68)47-31-35-62-56(40-47)54-25-13-15-27-60(54)67(62)52-23-11-4-12-24-52/h1-38,40-42,50H,39H2. The second-order valence-electron chi connectivity index (χ2n) is 17.8. The van der Waals surface area contributed by atoms with Crippen LogP contribution in [0.25, 0.3) is 99.9 Å². The molecule has 4 heteroatoms. The average Bonchev–Trinajstić information content (AvgIpc) is 3.94. The number of fused-ring (bicyclic) bond motifs is 6. The van der Waals surface area contributed by atoms with E-state index in [1.54, 1.807) is 0 Å². The smallest absolute Gasteiger partial charge is 0.160 e. The first-order valence-electron chi connectivity index (χ1n) is 23.4. The van der Waals surface area contributed by atoms with Crippen molar-refractivity contribution in [3.05, 3.63) is 266 Å². The highest BCUT2D eigenvalue weighted by Crippen LogP contribution is 2.41. The third kappa shape index (κ3) is 6.94. The minimum atomic E-state index is 0.211. The highest BCUT2D eigenvalue weighted by atomic mass is 15.0. The van der Waals surface area contributed by atoms with Crippen LogP contribution in [-0.2, 0) is 0 Å². The van der Waals surface area contributed by atoms with Gasteiger partial charge in [-0.15, -0.1) is 0 Å². The molecule has 1 aliphatic rings. The van der Waals surface area contributed by atoms with Crippen LogP contribution in [0.1, 0.15) is 29.2 Å². The van der Waals surface area contributed by atoms with E-state index in [2.05, 4.69) is 252 Å². The summed E-state index contributed by atoms with van der Waals surface area (Å²) < 4.78 is 4.76. The third-order valence-corrected chi connectivity index (χ3v) is 13.7. The molecule has 0 amide bonds. The Morgan fingerprint density at radius 2 is 0.824 bits per heavy atom. The van der Waals surface area contributed by atoms with Gasteiger partial charge in [-0.05, 0) is 113 Å². The fraction of sp³-hybridized carbons (Fsp3) is 0.0312. The Labute approximate surface area is 395 Å². The minimum Gasteiger partial charge on any atom is -0.309 e. The fourth-order valence-corrected chi connectivity index (χ4v) is 10.4. The summed E-state index contributed by atoms with van der Waals surface area (Å²) in [4.78, 5) is 10.5. The number of allylic oxidation sites excluding steroid dienone is 4. The van der Waals surface area contributed by atoms with Gasteiger partial charge in [-0.25, -0.2) is 9.97 Å². The van der Waals surface area contributed by atoms with Crippen molar-refractivity contribution in [1.29, 1.82) is 0 Å². The van der Waals surface area contributed by atoms with Gasteiger partial charge in [-0.3, -0.25) is 0 Å². The van der Waals surface area contributed by atoms with Crippen molar-refractivity contribution in [2.45, 2.75) is 12.3 Å². The van der Waals surface area contributed by atoms with Crippen LogP contribution in [0, 0.1) is 0 Å². The highest BCUT2D eigenvalue weighted by Gasteiger charge is 2.22. The molecule has 1 unspecified atom stereocenters. The minimum absolute atomic E-state index is 0.211. The van der Waals surface area contributed by atoms with Crippen molar-refractivity contribution in [1.82, 2.24) is 19.1 Å². The molecule has 3 aromatic heterocycles. The van der Waals surface area contributed by atoms with Crippen LogP contribution in [-0.4, -0.2) is 19.1 Å². The summed E-state index contributed by atoms with van der Waals surface area (Å²) in [5.41, 5.74) is 18.2. The van der Waals surface area contributed by atoms with Crippen molar-refractivity contribution in [3.63, 3.8) is 0 Å². The number of benzene rings is 9. The maximum atomic E-state index is 5.29. The molecule has 0 spiro atoms. The average molecular weight is 869 g/mol. The molecule has 0 radical (unpaired) electrons. The molecular formula is C64H44N4. The van der Waals surface area contributed by atoms with E-state index in [4.69, 9.17) is 9.97 Å². The van der Waals surface area contributed by atoms with Crippen LogP contribution in [0.2, 0.25) is 0 Å². The van der Waals surface area contributed by atoms with Gasteiger partial charge in [0.2, 0.25) is 0 Å². The summed E-state index contributed by atoms with van der Waals surface area (Å²) >= 11 is 0. The van der Waals surface area contributed by atoms with E-state index in [0.717, 1.165) is 46.1 Å². The van der Waals surface area contributed by atoms with E-state index in [1.807, 2.05) is 6.07 Å². The first-order chi connectivity index (χ1) is 33.7.